The van der Waals surface area contributed by atoms with E-state index in [2.05, 4.69) is 5.32 Å². The van der Waals surface area contributed by atoms with Crippen LogP contribution in [-0.4, -0.2) is 41.7 Å². The minimum absolute atomic E-state index is 0.135. The molecule has 1 amide bonds. The number of aliphatic hydroxyl groups is 1. The first-order chi connectivity index (χ1) is 8.54. The fraction of sp³-hybridized carbons (Fsp3) is 0.417. The molecular weight excluding hydrogens is 242 g/mol. The van der Waals surface area contributed by atoms with Gasteiger partial charge in [0, 0.05) is 24.8 Å². The molecule has 1 aliphatic rings. The molecule has 0 saturated carbocycles. The van der Waals surface area contributed by atoms with Gasteiger partial charge in [-0.2, -0.15) is 0 Å². The van der Waals surface area contributed by atoms with E-state index in [1.807, 2.05) is 0 Å². The van der Waals surface area contributed by atoms with Crippen LogP contribution >= 0.6 is 0 Å². The third-order valence-electron chi connectivity index (χ3n) is 2.82. The number of hydrogen-bond donors (Lipinski definition) is 2. The summed E-state index contributed by atoms with van der Waals surface area (Å²) in [6.45, 7) is 1.26. The Labute approximate surface area is 103 Å². The maximum absolute atomic E-state index is 12.9. The van der Waals surface area contributed by atoms with Crippen molar-refractivity contribution in [2.45, 2.75) is 12.5 Å². The fourth-order valence-corrected chi connectivity index (χ4v) is 1.93. The van der Waals surface area contributed by atoms with E-state index in [0.29, 0.717) is 19.5 Å². The van der Waals surface area contributed by atoms with Gasteiger partial charge in [-0.25, -0.2) is 8.78 Å². The van der Waals surface area contributed by atoms with Crippen LogP contribution in [0.5, 0.6) is 0 Å². The van der Waals surface area contributed by atoms with Crippen LogP contribution in [0, 0.1) is 11.6 Å². The molecule has 1 aromatic rings. The van der Waals surface area contributed by atoms with Gasteiger partial charge in [0.25, 0.3) is 0 Å². The van der Waals surface area contributed by atoms with Gasteiger partial charge in [-0.1, -0.05) is 0 Å². The number of carbonyl (C=O) groups is 1. The predicted molar refractivity (Wildman–Crippen MR) is 62.1 cm³/mol. The van der Waals surface area contributed by atoms with Crippen LogP contribution < -0.4 is 5.32 Å². The molecule has 0 radical (unpaired) electrons. The molecule has 1 atom stereocenters. The molecule has 1 aliphatic heterocycles. The number of rotatable bonds is 3. The van der Waals surface area contributed by atoms with E-state index in [0.717, 1.165) is 12.1 Å². The highest BCUT2D eigenvalue weighted by Crippen LogP contribution is 2.13. The van der Waals surface area contributed by atoms with Crippen molar-refractivity contribution in [1.29, 1.82) is 0 Å². The summed E-state index contributed by atoms with van der Waals surface area (Å²) in [6.07, 6.45) is 0.263. The molecule has 1 unspecified atom stereocenters. The van der Waals surface area contributed by atoms with E-state index in [9.17, 15) is 18.7 Å². The second kappa shape index (κ2) is 5.41. The summed E-state index contributed by atoms with van der Waals surface area (Å²) in [7, 11) is 0. The van der Waals surface area contributed by atoms with Gasteiger partial charge in [0.1, 0.15) is 0 Å². The number of benzene rings is 1. The van der Waals surface area contributed by atoms with E-state index in [4.69, 9.17) is 0 Å². The average Bonchev–Trinajstić information content (AvgIpc) is 2.69. The Bertz CT molecular complexity index is 454. The highest BCUT2D eigenvalue weighted by Gasteiger charge is 2.21. The Morgan fingerprint density at radius 2 is 2.22 bits per heavy atom. The lowest BCUT2D eigenvalue weighted by Gasteiger charge is -2.14. The van der Waals surface area contributed by atoms with Crippen molar-refractivity contribution < 1.29 is 18.7 Å². The molecule has 0 aliphatic carbocycles. The molecule has 2 N–H and O–H groups in total. The van der Waals surface area contributed by atoms with Crippen molar-refractivity contribution in [1.82, 2.24) is 4.90 Å². The third kappa shape index (κ3) is 3.24. The minimum Gasteiger partial charge on any atom is -0.392 e. The van der Waals surface area contributed by atoms with E-state index in [-0.39, 0.29) is 24.2 Å². The lowest BCUT2D eigenvalue weighted by atomic mass is 10.3. The molecule has 0 bridgehead atoms. The number of likely N-dealkylation sites (tertiary alicyclic amines) is 1. The van der Waals surface area contributed by atoms with Crippen molar-refractivity contribution in [3.05, 3.63) is 29.8 Å². The SMILES string of the molecule is O=C(CN1CCC(O)C1)Nc1ccc(F)c(F)c1. The number of amides is 1. The van der Waals surface area contributed by atoms with Gasteiger partial charge in [0.2, 0.25) is 5.91 Å². The molecule has 1 fully saturated rings. The van der Waals surface area contributed by atoms with Crippen molar-refractivity contribution >= 4 is 11.6 Å². The van der Waals surface area contributed by atoms with Crippen LogP contribution in [0.15, 0.2) is 18.2 Å². The van der Waals surface area contributed by atoms with E-state index < -0.39 is 11.6 Å². The van der Waals surface area contributed by atoms with Crippen LogP contribution in [0.3, 0.4) is 0 Å². The fourth-order valence-electron chi connectivity index (χ4n) is 1.93. The van der Waals surface area contributed by atoms with E-state index in [1.54, 1.807) is 4.90 Å². The standard InChI is InChI=1S/C12H14F2N2O2/c13-10-2-1-8(5-11(10)14)15-12(18)7-16-4-3-9(17)6-16/h1-2,5,9,17H,3-4,6-7H2,(H,15,18). The molecule has 2 rings (SSSR count). The van der Waals surface area contributed by atoms with Crippen LogP contribution in [0.2, 0.25) is 0 Å². The van der Waals surface area contributed by atoms with Gasteiger partial charge in [0.05, 0.1) is 12.6 Å². The van der Waals surface area contributed by atoms with Crippen molar-refractivity contribution in [2.24, 2.45) is 0 Å². The molecule has 1 aromatic carbocycles. The zero-order chi connectivity index (χ0) is 13.1. The Hall–Kier alpha value is -1.53. The summed E-state index contributed by atoms with van der Waals surface area (Å²) in [5.41, 5.74) is 0.221. The van der Waals surface area contributed by atoms with Crippen LogP contribution in [-0.2, 0) is 4.79 Å². The number of β-amino-alcohol motifs (C(OH)–C–C–N with tert-alkyl or cyclic N) is 1. The van der Waals surface area contributed by atoms with Gasteiger partial charge in [-0.05, 0) is 18.6 Å². The zero-order valence-corrected chi connectivity index (χ0v) is 9.70. The summed E-state index contributed by atoms with van der Waals surface area (Å²) in [5, 5.41) is 11.8. The summed E-state index contributed by atoms with van der Waals surface area (Å²) >= 11 is 0. The van der Waals surface area contributed by atoms with Crippen molar-refractivity contribution in [3.63, 3.8) is 0 Å². The largest absolute Gasteiger partial charge is 0.392 e. The van der Waals surface area contributed by atoms with Crippen molar-refractivity contribution in [3.8, 4) is 0 Å². The molecular formula is C12H14F2N2O2. The molecule has 0 aromatic heterocycles. The van der Waals surface area contributed by atoms with E-state index in [1.165, 1.54) is 6.07 Å². The molecule has 1 heterocycles. The number of hydrogen-bond acceptors (Lipinski definition) is 3. The minimum atomic E-state index is -0.996. The van der Waals surface area contributed by atoms with Gasteiger partial charge in [-0.3, -0.25) is 9.69 Å². The van der Waals surface area contributed by atoms with Crippen molar-refractivity contribution in [2.75, 3.05) is 25.0 Å². The number of carbonyl (C=O) groups excluding carboxylic acids is 1. The van der Waals surface area contributed by atoms with E-state index >= 15 is 0 Å². The zero-order valence-electron chi connectivity index (χ0n) is 9.70. The lowest BCUT2D eigenvalue weighted by Crippen LogP contribution is -2.32. The molecule has 1 saturated heterocycles. The Balaban J connectivity index is 1.89. The Kier molecular flexibility index (Phi) is 3.88. The maximum atomic E-state index is 12.9. The van der Waals surface area contributed by atoms with Gasteiger partial charge < -0.3 is 10.4 Å². The first-order valence-electron chi connectivity index (χ1n) is 5.70. The molecule has 0 spiro atoms. The summed E-state index contributed by atoms with van der Waals surface area (Å²) in [5.74, 6) is -2.25. The smallest absolute Gasteiger partial charge is 0.238 e. The number of nitrogens with zero attached hydrogens (tertiary/aromatic N) is 1. The highest BCUT2D eigenvalue weighted by atomic mass is 19.2. The normalized spacial score (nSPS) is 20.1. The highest BCUT2D eigenvalue weighted by molar-refractivity contribution is 5.92. The molecule has 6 heteroatoms. The van der Waals surface area contributed by atoms with Crippen LogP contribution in [0.25, 0.3) is 0 Å². The second-order valence-corrected chi connectivity index (χ2v) is 4.35. The lowest BCUT2D eigenvalue weighted by molar-refractivity contribution is -0.117. The van der Waals surface area contributed by atoms with Gasteiger partial charge >= 0.3 is 0 Å². The number of halogens is 2. The third-order valence-corrected chi connectivity index (χ3v) is 2.82. The maximum Gasteiger partial charge on any atom is 0.238 e. The monoisotopic (exact) mass is 256 g/mol. The number of anilines is 1. The predicted octanol–water partition coefficient (Wildman–Crippen LogP) is 0.970. The quantitative estimate of drug-likeness (QED) is 0.847. The van der Waals surface area contributed by atoms with Gasteiger partial charge in [0.15, 0.2) is 11.6 Å². The summed E-state index contributed by atoms with van der Waals surface area (Å²) in [6, 6.07) is 3.20. The molecule has 18 heavy (non-hydrogen) atoms. The Morgan fingerprint density at radius 3 is 2.83 bits per heavy atom. The summed E-state index contributed by atoms with van der Waals surface area (Å²) < 4.78 is 25.6. The number of aliphatic hydroxyl groups excluding tert-OH is 1. The number of nitrogens with one attached hydrogen (secondary N) is 1. The van der Waals surface area contributed by atoms with Gasteiger partial charge in [-0.15, -0.1) is 0 Å². The summed E-state index contributed by atoms with van der Waals surface area (Å²) in [4.78, 5) is 13.4. The first kappa shape index (κ1) is 12.9. The second-order valence-electron chi connectivity index (χ2n) is 4.35. The van der Waals surface area contributed by atoms with Crippen LogP contribution in [0.1, 0.15) is 6.42 Å². The Morgan fingerprint density at radius 1 is 1.44 bits per heavy atom. The molecule has 4 nitrogen and oxygen atoms in total. The molecule has 98 valence electrons. The average molecular weight is 256 g/mol. The first-order valence-corrected chi connectivity index (χ1v) is 5.70. The topological polar surface area (TPSA) is 52.6 Å². The van der Waals surface area contributed by atoms with Crippen LogP contribution in [0.4, 0.5) is 14.5 Å².